The van der Waals surface area contributed by atoms with Gasteiger partial charge >= 0.3 is 0 Å². The molecule has 17 heavy (non-hydrogen) atoms. The number of rotatable bonds is 3. The minimum absolute atomic E-state index is 0.525. The van der Waals surface area contributed by atoms with Crippen molar-refractivity contribution in [1.29, 1.82) is 0 Å². The van der Waals surface area contributed by atoms with E-state index in [1.54, 1.807) is 12.4 Å². The lowest BCUT2D eigenvalue weighted by atomic mass is 9.97. The molecule has 0 amide bonds. The Labute approximate surface area is 98.4 Å². The number of aromatic nitrogens is 4. The van der Waals surface area contributed by atoms with Crippen LogP contribution < -0.4 is 0 Å². The summed E-state index contributed by atoms with van der Waals surface area (Å²) in [5, 5.41) is 3.91. The Morgan fingerprint density at radius 2 is 2.24 bits per heavy atom. The molecule has 1 saturated heterocycles. The third-order valence-corrected chi connectivity index (χ3v) is 2.98. The van der Waals surface area contributed by atoms with Gasteiger partial charge in [-0.25, -0.2) is 4.98 Å². The van der Waals surface area contributed by atoms with E-state index in [9.17, 15) is 0 Å². The van der Waals surface area contributed by atoms with Crippen molar-refractivity contribution >= 4 is 0 Å². The van der Waals surface area contributed by atoms with Gasteiger partial charge in [0.2, 0.25) is 11.7 Å². The number of ether oxygens (including phenoxy) is 1. The van der Waals surface area contributed by atoms with Crippen LogP contribution in [0.4, 0.5) is 0 Å². The van der Waals surface area contributed by atoms with Crippen LogP contribution in [0.2, 0.25) is 0 Å². The van der Waals surface area contributed by atoms with Crippen LogP contribution in [0.3, 0.4) is 0 Å². The van der Waals surface area contributed by atoms with Gasteiger partial charge in [-0.2, -0.15) is 4.98 Å². The molecule has 1 aliphatic rings. The molecule has 1 fully saturated rings. The van der Waals surface area contributed by atoms with Crippen LogP contribution in [0.25, 0.3) is 11.6 Å². The van der Waals surface area contributed by atoms with Crippen molar-refractivity contribution in [3.05, 3.63) is 18.3 Å². The number of hydrogen-bond donors (Lipinski definition) is 1. The average Bonchev–Trinajstić information content (AvgIpc) is 3.00. The first-order valence-electron chi connectivity index (χ1n) is 5.82. The van der Waals surface area contributed by atoms with Crippen LogP contribution in [0.1, 0.15) is 18.7 Å². The fourth-order valence-electron chi connectivity index (χ4n) is 2.02. The van der Waals surface area contributed by atoms with Gasteiger partial charge < -0.3 is 14.2 Å². The van der Waals surface area contributed by atoms with E-state index in [1.807, 2.05) is 0 Å². The molecule has 6 heteroatoms. The van der Waals surface area contributed by atoms with E-state index in [4.69, 9.17) is 9.26 Å². The maximum Gasteiger partial charge on any atom is 0.238 e. The molecule has 0 aromatic carbocycles. The van der Waals surface area contributed by atoms with Gasteiger partial charge in [-0.1, -0.05) is 5.16 Å². The first kappa shape index (κ1) is 10.5. The molecule has 0 saturated carbocycles. The number of nitrogens with zero attached hydrogens (tertiary/aromatic N) is 3. The monoisotopic (exact) mass is 234 g/mol. The van der Waals surface area contributed by atoms with Crippen molar-refractivity contribution in [2.24, 2.45) is 5.92 Å². The second kappa shape index (κ2) is 4.67. The highest BCUT2D eigenvalue weighted by molar-refractivity contribution is 5.40. The average molecular weight is 234 g/mol. The van der Waals surface area contributed by atoms with E-state index >= 15 is 0 Å². The fraction of sp³-hybridized carbons (Fsp3) is 0.545. The van der Waals surface area contributed by atoms with E-state index in [2.05, 4.69) is 20.1 Å². The predicted octanol–water partition coefficient (Wildman–Crippen LogP) is 1.43. The molecule has 0 unspecified atom stereocenters. The molecule has 3 rings (SSSR count). The normalized spacial score (nSPS) is 17.4. The molecule has 0 aliphatic carbocycles. The topological polar surface area (TPSA) is 76.8 Å². The lowest BCUT2D eigenvalue weighted by molar-refractivity contribution is 0.0642. The summed E-state index contributed by atoms with van der Waals surface area (Å²) in [5.41, 5.74) is 0. The zero-order chi connectivity index (χ0) is 11.5. The molecule has 0 bridgehead atoms. The summed E-state index contributed by atoms with van der Waals surface area (Å²) in [7, 11) is 0. The van der Waals surface area contributed by atoms with Crippen LogP contribution in [-0.2, 0) is 11.2 Å². The Balaban J connectivity index is 1.68. The van der Waals surface area contributed by atoms with Crippen molar-refractivity contribution < 1.29 is 9.26 Å². The Hall–Kier alpha value is -1.69. The molecule has 6 nitrogen and oxygen atoms in total. The van der Waals surface area contributed by atoms with Gasteiger partial charge in [0, 0.05) is 32.0 Å². The number of H-pyrrole nitrogens is 1. The Morgan fingerprint density at radius 3 is 3.00 bits per heavy atom. The molecule has 90 valence electrons. The molecule has 2 aromatic heterocycles. The zero-order valence-corrected chi connectivity index (χ0v) is 9.43. The van der Waals surface area contributed by atoms with Gasteiger partial charge in [-0.3, -0.25) is 0 Å². The summed E-state index contributed by atoms with van der Waals surface area (Å²) in [4.78, 5) is 11.4. The Kier molecular flexibility index (Phi) is 2.87. The smallest absolute Gasteiger partial charge is 0.238 e. The summed E-state index contributed by atoms with van der Waals surface area (Å²) in [6.07, 6.45) is 6.38. The summed E-state index contributed by atoms with van der Waals surface area (Å²) in [6.45, 7) is 1.67. The lowest BCUT2D eigenvalue weighted by Gasteiger charge is -2.19. The number of hydrogen-bond acceptors (Lipinski definition) is 5. The van der Waals surface area contributed by atoms with Crippen molar-refractivity contribution in [1.82, 2.24) is 20.1 Å². The molecule has 0 atom stereocenters. The molecular weight excluding hydrogens is 220 g/mol. The quantitative estimate of drug-likeness (QED) is 0.869. The van der Waals surface area contributed by atoms with Gasteiger partial charge in [0.1, 0.15) is 0 Å². The lowest BCUT2D eigenvalue weighted by Crippen LogP contribution is -2.17. The van der Waals surface area contributed by atoms with E-state index in [0.717, 1.165) is 32.5 Å². The Bertz CT molecular complexity index is 460. The molecule has 3 heterocycles. The minimum Gasteiger partial charge on any atom is -0.381 e. The largest absolute Gasteiger partial charge is 0.381 e. The summed E-state index contributed by atoms with van der Waals surface area (Å²) in [6, 6.07) is 0. The van der Waals surface area contributed by atoms with Crippen LogP contribution >= 0.6 is 0 Å². The van der Waals surface area contributed by atoms with Crippen molar-refractivity contribution in [2.45, 2.75) is 19.3 Å². The highest BCUT2D eigenvalue weighted by atomic mass is 16.5. The van der Waals surface area contributed by atoms with Gasteiger partial charge in [0.15, 0.2) is 5.82 Å². The maximum absolute atomic E-state index is 5.32. The second-order valence-corrected chi connectivity index (χ2v) is 4.21. The van der Waals surface area contributed by atoms with E-state index < -0.39 is 0 Å². The molecule has 1 aliphatic heterocycles. The van der Waals surface area contributed by atoms with Gasteiger partial charge in [-0.05, 0) is 18.8 Å². The Morgan fingerprint density at radius 1 is 1.35 bits per heavy atom. The highest BCUT2D eigenvalue weighted by Crippen LogP contribution is 2.20. The zero-order valence-electron chi connectivity index (χ0n) is 9.43. The molecule has 2 aromatic rings. The third kappa shape index (κ3) is 2.36. The van der Waals surface area contributed by atoms with Crippen LogP contribution in [-0.4, -0.2) is 33.3 Å². The van der Waals surface area contributed by atoms with Crippen molar-refractivity contribution in [3.63, 3.8) is 0 Å². The van der Waals surface area contributed by atoms with E-state index in [-0.39, 0.29) is 0 Å². The van der Waals surface area contributed by atoms with Crippen LogP contribution in [0.5, 0.6) is 0 Å². The van der Waals surface area contributed by atoms with Crippen LogP contribution in [0, 0.1) is 5.92 Å². The molecule has 0 spiro atoms. The van der Waals surface area contributed by atoms with Crippen molar-refractivity contribution in [3.8, 4) is 11.6 Å². The fourth-order valence-corrected chi connectivity index (χ4v) is 2.02. The first-order chi connectivity index (χ1) is 8.42. The van der Waals surface area contributed by atoms with E-state index in [0.29, 0.717) is 23.5 Å². The number of imidazole rings is 1. The van der Waals surface area contributed by atoms with Gasteiger partial charge in [0.05, 0.1) is 0 Å². The second-order valence-electron chi connectivity index (χ2n) is 4.21. The van der Waals surface area contributed by atoms with Gasteiger partial charge in [0.25, 0.3) is 0 Å². The van der Waals surface area contributed by atoms with Gasteiger partial charge in [-0.15, -0.1) is 0 Å². The SMILES string of the molecule is c1c[nH]c(-c2noc(CC3CCOCC3)n2)n1. The summed E-state index contributed by atoms with van der Waals surface area (Å²) < 4.78 is 10.5. The molecule has 0 radical (unpaired) electrons. The maximum atomic E-state index is 5.32. The summed E-state index contributed by atoms with van der Waals surface area (Å²) in [5.74, 6) is 2.45. The standard InChI is InChI=1S/C11H14N4O2/c1-5-16-6-2-8(1)7-9-14-11(15-17-9)10-12-3-4-13-10/h3-4,8H,1-2,5-7H2,(H,12,13). The van der Waals surface area contributed by atoms with Crippen LogP contribution in [0.15, 0.2) is 16.9 Å². The van der Waals surface area contributed by atoms with E-state index in [1.165, 1.54) is 0 Å². The minimum atomic E-state index is 0.525. The third-order valence-electron chi connectivity index (χ3n) is 2.98. The summed E-state index contributed by atoms with van der Waals surface area (Å²) >= 11 is 0. The predicted molar refractivity (Wildman–Crippen MR) is 59.1 cm³/mol. The number of nitrogens with one attached hydrogen (secondary N) is 1. The molecule has 1 N–H and O–H groups in total. The van der Waals surface area contributed by atoms with Crippen molar-refractivity contribution in [2.75, 3.05) is 13.2 Å². The molecular formula is C11H14N4O2. The highest BCUT2D eigenvalue weighted by Gasteiger charge is 2.18. The number of aromatic amines is 1. The first-order valence-corrected chi connectivity index (χ1v) is 5.82.